The lowest BCUT2D eigenvalue weighted by atomic mass is 9.88. The quantitative estimate of drug-likeness (QED) is 0.717. The van der Waals surface area contributed by atoms with Gasteiger partial charge in [-0.25, -0.2) is 8.42 Å². The van der Waals surface area contributed by atoms with E-state index < -0.39 is 21.4 Å². The molecule has 1 aliphatic heterocycles. The molecule has 1 heterocycles. The summed E-state index contributed by atoms with van der Waals surface area (Å²) >= 11 is 0. The molecule has 1 N–H and O–H groups in total. The Morgan fingerprint density at radius 2 is 1.86 bits per heavy atom. The highest BCUT2D eigenvalue weighted by atomic mass is 32.2. The smallest absolute Gasteiger partial charge is 0.180 e. The zero-order valence-corrected chi connectivity index (χ0v) is 18.4. The monoisotopic (exact) mass is 417 g/mol. The molecule has 29 heavy (non-hydrogen) atoms. The minimum atomic E-state index is -3.63. The first-order valence-electron chi connectivity index (χ1n) is 10.3. The molecule has 0 saturated heterocycles. The van der Waals surface area contributed by atoms with E-state index in [9.17, 15) is 13.6 Å². The molecule has 2 atom stereocenters. The van der Waals surface area contributed by atoms with Gasteiger partial charge < -0.3 is 9.94 Å². The molecule has 5 nitrogen and oxygen atoms in total. The van der Waals surface area contributed by atoms with Crippen LogP contribution < -0.4 is 4.74 Å². The number of rotatable bonds is 6. The van der Waals surface area contributed by atoms with E-state index in [4.69, 9.17) is 4.74 Å². The Morgan fingerprint density at radius 1 is 1.17 bits per heavy atom. The molecule has 0 fully saturated rings. The summed E-state index contributed by atoms with van der Waals surface area (Å²) in [5.74, 6) is 0.403. The summed E-state index contributed by atoms with van der Waals surface area (Å²) in [5.41, 5.74) is 0.590. The SMILES string of the molecule is CCC[C@]1(CC)CS(=O)(=O)c2cc(OC(C)C)ccc2[C@@H](c2ccccc2)N1O. The zero-order valence-electron chi connectivity index (χ0n) is 17.6. The van der Waals surface area contributed by atoms with E-state index in [0.717, 1.165) is 12.0 Å². The van der Waals surface area contributed by atoms with Gasteiger partial charge in [-0.1, -0.05) is 56.7 Å². The van der Waals surface area contributed by atoms with E-state index >= 15 is 0 Å². The van der Waals surface area contributed by atoms with Crippen molar-refractivity contribution in [2.24, 2.45) is 0 Å². The fourth-order valence-corrected chi connectivity index (χ4v) is 6.49. The molecule has 2 aromatic rings. The third-order valence-electron chi connectivity index (χ3n) is 5.66. The Kier molecular flexibility index (Phi) is 6.36. The maximum atomic E-state index is 13.5. The molecule has 2 aromatic carbocycles. The maximum Gasteiger partial charge on any atom is 0.180 e. The highest BCUT2D eigenvalue weighted by Gasteiger charge is 2.47. The van der Waals surface area contributed by atoms with Crippen molar-refractivity contribution in [3.05, 3.63) is 59.7 Å². The Morgan fingerprint density at radius 3 is 2.45 bits per heavy atom. The summed E-state index contributed by atoms with van der Waals surface area (Å²) in [5, 5.41) is 12.8. The van der Waals surface area contributed by atoms with Crippen LogP contribution in [0.25, 0.3) is 0 Å². The molecular weight excluding hydrogens is 386 g/mol. The first-order chi connectivity index (χ1) is 13.7. The molecule has 0 aromatic heterocycles. The lowest BCUT2D eigenvalue weighted by Crippen LogP contribution is -2.51. The van der Waals surface area contributed by atoms with Crippen LogP contribution in [-0.2, 0) is 9.84 Å². The molecular formula is C23H31NO4S. The molecule has 0 radical (unpaired) electrons. The van der Waals surface area contributed by atoms with Gasteiger partial charge in [0, 0.05) is 0 Å². The highest BCUT2D eigenvalue weighted by Crippen LogP contribution is 2.44. The molecule has 6 heteroatoms. The van der Waals surface area contributed by atoms with Gasteiger partial charge in [0.25, 0.3) is 0 Å². The minimum Gasteiger partial charge on any atom is -0.491 e. The number of fused-ring (bicyclic) bond motifs is 1. The predicted octanol–water partition coefficient (Wildman–Crippen LogP) is 4.99. The summed E-state index contributed by atoms with van der Waals surface area (Å²) in [4.78, 5) is 0.245. The molecule has 1 aliphatic rings. The Bertz CT molecular complexity index is 943. The van der Waals surface area contributed by atoms with Crippen molar-refractivity contribution in [3.63, 3.8) is 0 Å². The van der Waals surface area contributed by atoms with Crippen molar-refractivity contribution in [2.75, 3.05) is 5.75 Å². The van der Waals surface area contributed by atoms with E-state index in [2.05, 4.69) is 0 Å². The molecule has 0 aliphatic carbocycles. The van der Waals surface area contributed by atoms with Gasteiger partial charge in [-0.3, -0.25) is 0 Å². The van der Waals surface area contributed by atoms with Crippen LogP contribution in [0.1, 0.15) is 64.1 Å². The summed E-state index contributed by atoms with van der Waals surface area (Å²) in [6.07, 6.45) is 1.84. The van der Waals surface area contributed by atoms with Crippen molar-refractivity contribution in [3.8, 4) is 5.75 Å². The first kappa shape index (κ1) is 21.8. The molecule has 0 bridgehead atoms. The van der Waals surface area contributed by atoms with Crippen molar-refractivity contribution < 1.29 is 18.4 Å². The molecule has 3 rings (SSSR count). The number of hydrogen-bond acceptors (Lipinski definition) is 5. The number of hydrogen-bond donors (Lipinski definition) is 1. The van der Waals surface area contributed by atoms with Gasteiger partial charge in [0.05, 0.1) is 28.3 Å². The zero-order chi connectivity index (χ0) is 21.2. The van der Waals surface area contributed by atoms with Crippen LogP contribution in [0.5, 0.6) is 5.75 Å². The van der Waals surface area contributed by atoms with Gasteiger partial charge in [0.15, 0.2) is 9.84 Å². The van der Waals surface area contributed by atoms with Gasteiger partial charge in [0.1, 0.15) is 5.75 Å². The lowest BCUT2D eigenvalue weighted by Gasteiger charge is -2.41. The van der Waals surface area contributed by atoms with Gasteiger partial charge in [-0.15, -0.1) is 0 Å². The fourth-order valence-electron chi connectivity index (χ4n) is 4.31. The average molecular weight is 418 g/mol. The molecule has 0 saturated carbocycles. The predicted molar refractivity (Wildman–Crippen MR) is 114 cm³/mol. The standard InChI is InChI=1S/C23H31NO4S/c1-5-14-23(6-2)16-29(26,27)21-15-19(28-17(3)4)12-13-20(21)22(24(23)25)18-10-8-7-9-11-18/h7-13,15,17,22,25H,5-6,14,16H2,1-4H3/t22-,23-/m1/s1. The summed E-state index contributed by atoms with van der Waals surface area (Å²) < 4.78 is 32.8. The van der Waals surface area contributed by atoms with Gasteiger partial charge in [-0.2, -0.15) is 5.06 Å². The van der Waals surface area contributed by atoms with Crippen molar-refractivity contribution in [1.82, 2.24) is 5.06 Å². The number of nitrogens with zero attached hydrogens (tertiary/aromatic N) is 1. The molecule has 0 spiro atoms. The number of hydroxylamine groups is 2. The Hall–Kier alpha value is -1.89. The number of ether oxygens (including phenoxy) is 1. The minimum absolute atomic E-state index is 0.0596. The van der Waals surface area contributed by atoms with Crippen LogP contribution >= 0.6 is 0 Å². The van der Waals surface area contributed by atoms with Crippen molar-refractivity contribution >= 4 is 9.84 Å². The van der Waals surface area contributed by atoms with Crippen molar-refractivity contribution in [2.45, 2.75) is 69.5 Å². The van der Waals surface area contributed by atoms with E-state index in [1.165, 1.54) is 5.06 Å². The van der Waals surface area contributed by atoms with Crippen LogP contribution in [0.15, 0.2) is 53.4 Å². The van der Waals surface area contributed by atoms with Crippen LogP contribution in [-0.4, -0.2) is 36.1 Å². The van der Waals surface area contributed by atoms with Crippen LogP contribution in [0.2, 0.25) is 0 Å². The normalized spacial score (nSPS) is 24.1. The number of benzene rings is 2. The van der Waals surface area contributed by atoms with Gasteiger partial charge >= 0.3 is 0 Å². The maximum absolute atomic E-state index is 13.5. The van der Waals surface area contributed by atoms with Gasteiger partial charge in [-0.05, 0) is 49.9 Å². The number of sulfone groups is 1. The summed E-state index contributed by atoms with van der Waals surface area (Å²) in [6.45, 7) is 7.78. The van der Waals surface area contributed by atoms with E-state index in [-0.39, 0.29) is 16.8 Å². The van der Waals surface area contributed by atoms with Crippen LogP contribution in [0.4, 0.5) is 0 Å². The Labute approximate surface area is 174 Å². The third kappa shape index (κ3) is 4.20. The second-order valence-corrected chi connectivity index (χ2v) is 10.1. The van der Waals surface area contributed by atoms with Crippen molar-refractivity contribution in [1.29, 1.82) is 0 Å². The van der Waals surface area contributed by atoms with E-state index in [0.29, 0.717) is 24.2 Å². The first-order valence-corrected chi connectivity index (χ1v) is 12.0. The average Bonchev–Trinajstić information content (AvgIpc) is 2.75. The topological polar surface area (TPSA) is 66.8 Å². The molecule has 0 amide bonds. The second kappa shape index (κ2) is 8.46. The largest absolute Gasteiger partial charge is 0.491 e. The van der Waals surface area contributed by atoms with E-state index in [1.807, 2.05) is 58.0 Å². The molecule has 158 valence electrons. The fraction of sp³-hybridized carbons (Fsp3) is 0.478. The van der Waals surface area contributed by atoms with Crippen LogP contribution in [0.3, 0.4) is 0 Å². The second-order valence-electron chi connectivity index (χ2n) is 8.11. The highest BCUT2D eigenvalue weighted by molar-refractivity contribution is 7.91. The Balaban J connectivity index is 2.27. The summed E-state index contributed by atoms with van der Waals surface area (Å²) in [7, 11) is -3.63. The lowest BCUT2D eigenvalue weighted by molar-refractivity contribution is -0.193. The van der Waals surface area contributed by atoms with Crippen LogP contribution in [0, 0.1) is 0 Å². The molecule has 0 unspecified atom stereocenters. The van der Waals surface area contributed by atoms with E-state index in [1.54, 1.807) is 18.2 Å². The third-order valence-corrected chi connectivity index (χ3v) is 7.61. The van der Waals surface area contributed by atoms with Gasteiger partial charge in [0.2, 0.25) is 0 Å². The summed E-state index contributed by atoms with van der Waals surface area (Å²) in [6, 6.07) is 14.2.